The largest absolute Gasteiger partial charge is 0.463 e. The lowest BCUT2D eigenvalue weighted by Crippen LogP contribution is -2.84. The van der Waals surface area contributed by atoms with Crippen molar-refractivity contribution in [2.75, 3.05) is 6.61 Å². The first-order valence-corrected chi connectivity index (χ1v) is 17.6. The second kappa shape index (κ2) is 11.7. The molecule has 1 spiro atoms. The third-order valence-corrected chi connectivity index (χ3v) is 11.9. The Balaban J connectivity index is 1.42. The van der Waals surface area contributed by atoms with Crippen LogP contribution in [0.25, 0.3) is 0 Å². The summed E-state index contributed by atoms with van der Waals surface area (Å²) < 4.78 is 44.3. The van der Waals surface area contributed by atoms with Gasteiger partial charge in [-0.1, -0.05) is 85.2 Å². The molecule has 0 radical (unpaired) electrons. The Morgan fingerprint density at radius 1 is 0.865 bits per heavy atom. The Labute approximate surface area is 308 Å². The number of carbonyl (C=O) groups is 3. The van der Waals surface area contributed by atoms with Crippen LogP contribution in [0.5, 0.6) is 0 Å². The van der Waals surface area contributed by atoms with Gasteiger partial charge >= 0.3 is 23.9 Å². The van der Waals surface area contributed by atoms with Crippen molar-refractivity contribution in [3.8, 4) is 0 Å². The van der Waals surface area contributed by atoms with Gasteiger partial charge in [0.25, 0.3) is 0 Å². The van der Waals surface area contributed by atoms with E-state index in [-0.39, 0.29) is 21.2 Å². The molecule has 0 amide bonds. The second-order valence-electron chi connectivity index (χ2n) is 14.3. The van der Waals surface area contributed by atoms with E-state index in [9.17, 15) is 24.6 Å². The van der Waals surface area contributed by atoms with E-state index in [1.165, 1.54) is 25.1 Å². The van der Waals surface area contributed by atoms with Gasteiger partial charge in [-0.3, -0.25) is 9.59 Å². The van der Waals surface area contributed by atoms with Crippen molar-refractivity contribution in [3.63, 3.8) is 0 Å². The lowest BCUT2D eigenvalue weighted by molar-refractivity contribution is -0.571. The monoisotopic (exact) mass is 754 g/mol. The SMILES string of the molecule is C=C(C)[C@]1(O)C2OC3(c4ccccc4)O[C@@H]1[C@@H]1[C@@H]4O[C@]4(COC(C)=O)[C@@H](OC(C)=O)[C@@]4(O)C(=CC(=C(Cl)Cl)[C@@H]4OC(=O)c4ccccc4)[C@@]1(O3)[C@@H]2C. The zero-order valence-corrected chi connectivity index (χ0v) is 30.1. The van der Waals surface area contributed by atoms with E-state index in [2.05, 4.69) is 6.58 Å². The highest BCUT2D eigenvalue weighted by molar-refractivity contribution is 6.56. The summed E-state index contributed by atoms with van der Waals surface area (Å²) in [6.07, 6.45) is -5.27. The molecule has 4 bridgehead atoms. The molecule has 4 aliphatic heterocycles. The van der Waals surface area contributed by atoms with Crippen molar-refractivity contribution in [2.45, 2.75) is 86.6 Å². The van der Waals surface area contributed by atoms with E-state index in [1.807, 2.05) is 0 Å². The predicted molar refractivity (Wildman–Crippen MR) is 181 cm³/mol. The molecule has 9 rings (SSSR count). The maximum Gasteiger partial charge on any atom is 0.338 e. The standard InChI is InChI=1S/C38H36Cl2O12/c1-18(2)35(44)27-19(3)37-25-16-24(31(39)40)28(48-32(43)22-12-8-6-9-13-22)36(25,45)33(47-21(5)42)34(17-46-20(4)41)29(49-34)26(37)30(35)51-38(50-27,52-37)23-14-10-7-11-15-23/h6-16,19,26-30,33,44-45H,1,17H2,2-5H3/t19-,26+,27?,28+,29+,30-,33-,34+,35+,36-,37+,38?/m1/s1. The summed E-state index contributed by atoms with van der Waals surface area (Å²) in [4.78, 5) is 39.2. The molecule has 7 aliphatic rings. The Morgan fingerprint density at radius 2 is 1.50 bits per heavy atom. The maximum absolute atomic E-state index is 13.8. The van der Waals surface area contributed by atoms with Crippen molar-refractivity contribution in [1.29, 1.82) is 0 Å². The van der Waals surface area contributed by atoms with Gasteiger partial charge in [-0.05, 0) is 30.7 Å². The molecule has 2 unspecified atom stereocenters. The van der Waals surface area contributed by atoms with Crippen LogP contribution in [0.3, 0.4) is 0 Å². The number of epoxide rings is 1. The third-order valence-electron chi connectivity index (χ3n) is 11.5. The molecule has 12 atom stereocenters. The normalized spacial score (nSPS) is 41.8. The number of hydrogen-bond acceptors (Lipinski definition) is 12. The molecule has 2 N–H and O–H groups in total. The molecule has 2 saturated carbocycles. The summed E-state index contributed by atoms with van der Waals surface area (Å²) in [7, 11) is 0. The summed E-state index contributed by atoms with van der Waals surface area (Å²) in [5, 5.41) is 26.3. The Bertz CT molecular complexity index is 1950. The first-order valence-electron chi connectivity index (χ1n) is 16.8. The van der Waals surface area contributed by atoms with Crippen LogP contribution in [0.4, 0.5) is 0 Å². The lowest BCUT2D eigenvalue weighted by atomic mass is 9.53. The minimum atomic E-state index is -2.54. The smallest absolute Gasteiger partial charge is 0.338 e. The number of carbonyl (C=O) groups excluding carboxylic acids is 3. The fourth-order valence-corrected chi connectivity index (χ4v) is 9.62. The fourth-order valence-electron chi connectivity index (χ4n) is 9.32. The summed E-state index contributed by atoms with van der Waals surface area (Å²) in [5.74, 6) is -6.17. The number of ether oxygens (including phenoxy) is 7. The van der Waals surface area contributed by atoms with Crippen LogP contribution in [0.15, 0.2) is 94.5 Å². The Hall–Kier alpha value is -3.59. The van der Waals surface area contributed by atoms with Crippen molar-refractivity contribution in [2.24, 2.45) is 11.8 Å². The topological polar surface area (TPSA) is 160 Å². The van der Waals surface area contributed by atoms with Gasteiger partial charge in [0.1, 0.15) is 40.6 Å². The van der Waals surface area contributed by atoms with Gasteiger partial charge in [0.15, 0.2) is 23.4 Å². The van der Waals surface area contributed by atoms with Gasteiger partial charge in [-0.25, -0.2) is 4.79 Å². The average Bonchev–Trinajstić information content (AvgIpc) is 3.76. The second-order valence-corrected chi connectivity index (χ2v) is 15.3. The van der Waals surface area contributed by atoms with E-state index in [4.69, 9.17) is 56.4 Å². The van der Waals surface area contributed by atoms with Gasteiger partial charge in [-0.15, -0.1) is 0 Å². The van der Waals surface area contributed by atoms with Gasteiger partial charge in [0, 0.05) is 36.5 Å². The van der Waals surface area contributed by atoms with Crippen LogP contribution in [0.2, 0.25) is 0 Å². The van der Waals surface area contributed by atoms with Crippen molar-refractivity contribution in [3.05, 3.63) is 106 Å². The highest BCUT2D eigenvalue weighted by Gasteiger charge is 2.90. The zero-order valence-electron chi connectivity index (χ0n) is 28.5. The average molecular weight is 756 g/mol. The molecule has 2 aromatic carbocycles. The number of benzene rings is 2. The van der Waals surface area contributed by atoms with Crippen LogP contribution >= 0.6 is 23.2 Å². The van der Waals surface area contributed by atoms with Gasteiger partial charge in [0.2, 0.25) is 0 Å². The molecular formula is C38H36Cl2O12. The fraction of sp³-hybridized carbons (Fsp3) is 0.447. The molecule has 6 fully saturated rings. The van der Waals surface area contributed by atoms with Crippen LogP contribution < -0.4 is 0 Å². The van der Waals surface area contributed by atoms with Crippen LogP contribution in [0.1, 0.15) is 43.6 Å². The molecule has 14 heteroatoms. The predicted octanol–water partition coefficient (Wildman–Crippen LogP) is 4.15. The summed E-state index contributed by atoms with van der Waals surface area (Å²) >= 11 is 13.1. The minimum Gasteiger partial charge on any atom is -0.463 e. The van der Waals surface area contributed by atoms with Gasteiger partial charge in [0.05, 0.1) is 11.5 Å². The van der Waals surface area contributed by atoms with Crippen LogP contribution in [-0.4, -0.2) is 87.7 Å². The number of aliphatic hydroxyl groups is 2. The number of rotatable bonds is 7. The lowest BCUT2D eigenvalue weighted by Gasteiger charge is -2.71. The summed E-state index contributed by atoms with van der Waals surface area (Å²) in [6.45, 7) is 9.37. The molecule has 3 aliphatic carbocycles. The first kappa shape index (κ1) is 35.4. The molecule has 12 nitrogen and oxygen atoms in total. The third kappa shape index (κ3) is 4.53. The number of fused-ring (bicyclic) bond motifs is 2. The van der Waals surface area contributed by atoms with E-state index >= 15 is 0 Å². The zero-order chi connectivity index (χ0) is 37.2. The molecule has 0 aromatic heterocycles. The molecule has 274 valence electrons. The van der Waals surface area contributed by atoms with Crippen LogP contribution in [-0.2, 0) is 48.7 Å². The summed E-state index contributed by atoms with van der Waals surface area (Å²) in [5.41, 5.74) is -6.91. The van der Waals surface area contributed by atoms with Crippen molar-refractivity contribution in [1.82, 2.24) is 0 Å². The molecule has 4 saturated heterocycles. The number of esters is 3. The highest BCUT2D eigenvalue weighted by Crippen LogP contribution is 2.74. The number of halogens is 2. The Morgan fingerprint density at radius 3 is 2.10 bits per heavy atom. The van der Waals surface area contributed by atoms with Gasteiger partial charge in [-0.2, -0.15) is 0 Å². The first-order chi connectivity index (χ1) is 24.6. The van der Waals surface area contributed by atoms with E-state index < -0.39 is 95.2 Å². The van der Waals surface area contributed by atoms with Crippen LogP contribution in [0, 0.1) is 11.8 Å². The highest BCUT2D eigenvalue weighted by atomic mass is 35.5. The summed E-state index contributed by atoms with van der Waals surface area (Å²) in [6, 6.07) is 16.9. The Kier molecular flexibility index (Phi) is 7.98. The van der Waals surface area contributed by atoms with Gasteiger partial charge < -0.3 is 43.4 Å². The van der Waals surface area contributed by atoms with E-state index in [1.54, 1.807) is 62.4 Å². The van der Waals surface area contributed by atoms with Crippen molar-refractivity contribution < 1.29 is 57.8 Å². The molecular weight excluding hydrogens is 719 g/mol. The quantitative estimate of drug-likeness (QED) is 0.180. The van der Waals surface area contributed by atoms with E-state index in [0.717, 1.165) is 6.92 Å². The molecule has 2 aromatic rings. The number of hydrogen-bond donors (Lipinski definition) is 2. The maximum atomic E-state index is 13.8. The molecule has 52 heavy (non-hydrogen) atoms. The minimum absolute atomic E-state index is 0.0277. The van der Waals surface area contributed by atoms with E-state index in [0.29, 0.717) is 11.1 Å². The molecule has 4 heterocycles. The van der Waals surface area contributed by atoms with Crippen molar-refractivity contribution >= 4 is 41.1 Å².